The first kappa shape index (κ1) is 33.2. The van der Waals surface area contributed by atoms with Crippen LogP contribution in [0.4, 0.5) is 0 Å². The second kappa shape index (κ2) is 12.2. The van der Waals surface area contributed by atoms with Crippen molar-refractivity contribution < 1.29 is 0 Å². The zero-order valence-corrected chi connectivity index (χ0v) is 33.6. The smallest absolute Gasteiger partial charge is 0.0547 e. The van der Waals surface area contributed by atoms with Gasteiger partial charge in [-0.15, -0.1) is 0 Å². The minimum absolute atomic E-state index is 0.173. The van der Waals surface area contributed by atoms with Gasteiger partial charge in [0.25, 0.3) is 0 Å². The lowest BCUT2D eigenvalue weighted by atomic mass is 9.43. The van der Waals surface area contributed by atoms with Crippen LogP contribution in [0.1, 0.15) is 43.2 Å². The maximum atomic E-state index is 2.57. The molecule has 4 bridgehead atoms. The second-order valence-corrected chi connectivity index (χ2v) is 18.5. The molecule has 8 aromatic carbocycles. The summed E-state index contributed by atoms with van der Waals surface area (Å²) < 4.78 is 5.01. The molecule has 286 valence electrons. The molecule has 10 aromatic rings. The molecule has 5 aliphatic rings. The zero-order valence-electron chi connectivity index (χ0n) is 33.6. The Hall–Kier alpha value is -6.64. The third-order valence-corrected chi connectivity index (χ3v) is 15.7. The van der Waals surface area contributed by atoms with E-state index in [1.807, 2.05) is 0 Å². The number of hydrogen-bond acceptors (Lipinski definition) is 0. The standard InChI is InChI=1S/C58H44N2/c1-2-13-38(14-3-1)39-15-10-16-42(34-39)59-52-23-8-5-18-47(52)56-45(20-11-25-54(56)59)46-21-12-26-55-57(46)48-19-6-9-24-53(48)60(55)43-27-28-51-49(35-43)44-17-4-7-22-50(44)58(51)40-30-36-29-37(32-40)33-41(58)31-36/h1-28,34-37,40-41H,29-33H2. The maximum Gasteiger partial charge on any atom is 0.0547 e. The summed E-state index contributed by atoms with van der Waals surface area (Å²) >= 11 is 0. The highest BCUT2D eigenvalue weighted by atomic mass is 15.0. The monoisotopic (exact) mass is 768 g/mol. The molecule has 0 saturated heterocycles. The van der Waals surface area contributed by atoms with Crippen molar-refractivity contribution in [1.29, 1.82) is 0 Å². The van der Waals surface area contributed by atoms with E-state index in [1.165, 1.54) is 120 Å². The average molecular weight is 769 g/mol. The van der Waals surface area contributed by atoms with Crippen LogP contribution in [0, 0.1) is 23.7 Å². The van der Waals surface area contributed by atoms with E-state index >= 15 is 0 Å². The van der Waals surface area contributed by atoms with Gasteiger partial charge in [-0.05, 0) is 149 Å². The van der Waals surface area contributed by atoms with Crippen molar-refractivity contribution in [2.75, 3.05) is 0 Å². The number of benzene rings is 8. The van der Waals surface area contributed by atoms with E-state index in [-0.39, 0.29) is 5.41 Å². The number of rotatable bonds is 4. The Morgan fingerprint density at radius 1 is 0.350 bits per heavy atom. The minimum atomic E-state index is 0.173. The van der Waals surface area contributed by atoms with Gasteiger partial charge in [-0.25, -0.2) is 0 Å². The van der Waals surface area contributed by atoms with E-state index in [0.29, 0.717) is 0 Å². The predicted molar refractivity (Wildman–Crippen MR) is 249 cm³/mol. The van der Waals surface area contributed by atoms with Gasteiger partial charge in [-0.1, -0.05) is 133 Å². The van der Waals surface area contributed by atoms with E-state index in [4.69, 9.17) is 0 Å². The molecule has 4 saturated carbocycles. The van der Waals surface area contributed by atoms with E-state index in [1.54, 1.807) is 11.1 Å². The quantitative estimate of drug-likeness (QED) is 0.169. The van der Waals surface area contributed by atoms with Gasteiger partial charge in [-0.3, -0.25) is 0 Å². The maximum absolute atomic E-state index is 2.57. The van der Waals surface area contributed by atoms with Crippen LogP contribution in [0.5, 0.6) is 0 Å². The molecular formula is C58H44N2. The van der Waals surface area contributed by atoms with Crippen LogP contribution in [0.25, 0.3) is 88.4 Å². The molecule has 0 amide bonds. The van der Waals surface area contributed by atoms with Crippen LogP contribution in [0.2, 0.25) is 0 Å². The van der Waals surface area contributed by atoms with Gasteiger partial charge in [-0.2, -0.15) is 0 Å². The molecule has 0 aliphatic heterocycles. The van der Waals surface area contributed by atoms with E-state index in [2.05, 4.69) is 191 Å². The molecule has 4 fully saturated rings. The van der Waals surface area contributed by atoms with E-state index < -0.39 is 0 Å². The molecule has 0 radical (unpaired) electrons. The molecule has 2 heterocycles. The summed E-state index contributed by atoms with van der Waals surface area (Å²) in [5.74, 6) is 3.40. The molecule has 1 spiro atoms. The van der Waals surface area contributed by atoms with Crippen LogP contribution in [-0.2, 0) is 5.41 Å². The Kier molecular flexibility index (Phi) is 6.76. The Bertz CT molecular complexity index is 3370. The number of hydrogen-bond donors (Lipinski definition) is 0. The van der Waals surface area contributed by atoms with Crippen molar-refractivity contribution in [2.24, 2.45) is 23.7 Å². The largest absolute Gasteiger partial charge is 0.309 e. The summed E-state index contributed by atoms with van der Waals surface area (Å²) in [4.78, 5) is 0. The number of aromatic nitrogens is 2. The topological polar surface area (TPSA) is 9.86 Å². The number of nitrogens with zero attached hydrogens (tertiary/aromatic N) is 2. The van der Waals surface area contributed by atoms with E-state index in [9.17, 15) is 0 Å². The van der Waals surface area contributed by atoms with E-state index in [0.717, 1.165) is 23.7 Å². The van der Waals surface area contributed by atoms with Gasteiger partial charge in [0.1, 0.15) is 0 Å². The molecule has 0 N–H and O–H groups in total. The molecule has 2 aromatic heterocycles. The zero-order chi connectivity index (χ0) is 39.1. The molecular weight excluding hydrogens is 725 g/mol. The molecule has 2 heteroatoms. The van der Waals surface area contributed by atoms with Crippen LogP contribution >= 0.6 is 0 Å². The molecule has 0 atom stereocenters. The third kappa shape index (κ3) is 4.33. The fourth-order valence-electron chi connectivity index (χ4n) is 13.8. The molecule has 2 nitrogen and oxygen atoms in total. The lowest BCUT2D eigenvalue weighted by Gasteiger charge is -2.61. The fourth-order valence-corrected chi connectivity index (χ4v) is 13.8. The second-order valence-electron chi connectivity index (χ2n) is 18.5. The van der Waals surface area contributed by atoms with Crippen LogP contribution in [0.3, 0.4) is 0 Å². The van der Waals surface area contributed by atoms with Gasteiger partial charge >= 0.3 is 0 Å². The highest BCUT2D eigenvalue weighted by Gasteiger charge is 2.61. The lowest BCUT2D eigenvalue weighted by Crippen LogP contribution is -2.55. The lowest BCUT2D eigenvalue weighted by molar-refractivity contribution is -0.0399. The van der Waals surface area contributed by atoms with Gasteiger partial charge in [0.2, 0.25) is 0 Å². The fraction of sp³-hybridized carbons (Fsp3) is 0.172. The van der Waals surface area contributed by atoms with Crippen LogP contribution < -0.4 is 0 Å². The van der Waals surface area contributed by atoms with Gasteiger partial charge in [0.05, 0.1) is 22.1 Å². The summed E-state index contributed by atoms with van der Waals surface area (Å²) in [7, 11) is 0. The highest BCUT2D eigenvalue weighted by Crippen LogP contribution is 2.69. The molecule has 5 aliphatic carbocycles. The van der Waals surface area contributed by atoms with Crippen LogP contribution in [-0.4, -0.2) is 9.13 Å². The summed E-state index contributed by atoms with van der Waals surface area (Å²) in [6, 6.07) is 68.7. The normalized spacial score (nSPS) is 22.4. The number of fused-ring (bicyclic) bond motifs is 9. The SMILES string of the molecule is c1ccc(-c2cccc(-n3c4ccccc4c4c(-c5cccc6c5c5ccccc5n6-c5ccc6c(c5)-c5ccccc5C65C6CC7CC(C6)CC5C7)cccc43)c2)cc1. The third-order valence-electron chi connectivity index (χ3n) is 15.7. The summed E-state index contributed by atoms with van der Waals surface area (Å²) in [6.45, 7) is 0. The number of para-hydroxylation sites is 2. The van der Waals surface area contributed by atoms with Gasteiger partial charge in [0.15, 0.2) is 0 Å². The summed E-state index contributed by atoms with van der Waals surface area (Å²) in [5.41, 5.74) is 18.7. The predicted octanol–water partition coefficient (Wildman–Crippen LogP) is 14.9. The Labute approximate surface area is 350 Å². The molecule has 15 rings (SSSR count). The Morgan fingerprint density at radius 2 is 0.850 bits per heavy atom. The van der Waals surface area contributed by atoms with Gasteiger partial charge < -0.3 is 9.13 Å². The molecule has 60 heavy (non-hydrogen) atoms. The first-order valence-electron chi connectivity index (χ1n) is 22.2. The summed E-state index contributed by atoms with van der Waals surface area (Å²) in [5, 5.41) is 5.15. The van der Waals surface area contributed by atoms with Crippen molar-refractivity contribution in [1.82, 2.24) is 9.13 Å². The minimum Gasteiger partial charge on any atom is -0.309 e. The highest BCUT2D eigenvalue weighted by molar-refractivity contribution is 6.22. The first-order chi connectivity index (χ1) is 29.7. The Morgan fingerprint density at radius 3 is 1.52 bits per heavy atom. The molecule has 0 unspecified atom stereocenters. The Balaban J connectivity index is 0.981. The summed E-state index contributed by atoms with van der Waals surface area (Å²) in [6.07, 6.45) is 7.10. The van der Waals surface area contributed by atoms with Crippen molar-refractivity contribution in [3.05, 3.63) is 193 Å². The van der Waals surface area contributed by atoms with Gasteiger partial charge in [0, 0.05) is 38.3 Å². The van der Waals surface area contributed by atoms with Crippen molar-refractivity contribution in [3.8, 4) is 44.8 Å². The van der Waals surface area contributed by atoms with Crippen molar-refractivity contribution in [3.63, 3.8) is 0 Å². The first-order valence-corrected chi connectivity index (χ1v) is 22.2. The van der Waals surface area contributed by atoms with Crippen LogP contribution in [0.15, 0.2) is 182 Å². The van der Waals surface area contributed by atoms with Crippen molar-refractivity contribution >= 4 is 43.6 Å². The van der Waals surface area contributed by atoms with Crippen molar-refractivity contribution in [2.45, 2.75) is 37.5 Å². The average Bonchev–Trinajstić information content (AvgIpc) is 3.93.